The molecule has 0 spiro atoms. The molecule has 8 nitrogen and oxygen atoms in total. The number of aromatic amines is 2. The first kappa shape index (κ1) is 34.7. The SMILES string of the molecule is CCC(C)(C)c1ccc(OCCCC(=O)Nc2[nH]n(-c3c(Cl)cc(Cl)cc3Cl)c(=O)c2-c2c(C)n[nH]c2C)c(C(C)(C)CC)c1. The fourth-order valence-corrected chi connectivity index (χ4v) is 6.19. The van der Waals surface area contributed by atoms with Gasteiger partial charge in [-0.25, -0.2) is 4.68 Å². The predicted octanol–water partition coefficient (Wildman–Crippen LogP) is 9.31. The number of ether oxygens (including phenoxy) is 1. The number of H-pyrrole nitrogens is 2. The van der Waals surface area contributed by atoms with E-state index in [2.05, 4.69) is 80.4 Å². The van der Waals surface area contributed by atoms with Crippen LogP contribution < -0.4 is 15.6 Å². The maximum absolute atomic E-state index is 13.8. The zero-order chi connectivity index (χ0) is 33.3. The summed E-state index contributed by atoms with van der Waals surface area (Å²) in [6, 6.07) is 9.46. The lowest BCUT2D eigenvalue weighted by Gasteiger charge is -2.30. The number of carbonyl (C=O) groups excluding carboxylic acids is 1. The molecule has 0 saturated carbocycles. The number of rotatable bonds is 12. The van der Waals surface area contributed by atoms with Crippen LogP contribution in [0.3, 0.4) is 0 Å². The van der Waals surface area contributed by atoms with Gasteiger partial charge in [-0.15, -0.1) is 0 Å². The van der Waals surface area contributed by atoms with Gasteiger partial charge >= 0.3 is 0 Å². The summed E-state index contributed by atoms with van der Waals surface area (Å²) in [5.74, 6) is 0.764. The average molecular weight is 675 g/mol. The molecule has 242 valence electrons. The minimum atomic E-state index is -0.451. The summed E-state index contributed by atoms with van der Waals surface area (Å²) in [5, 5.41) is 13.7. The summed E-state index contributed by atoms with van der Waals surface area (Å²) in [4.78, 5) is 27.0. The fourth-order valence-electron chi connectivity index (χ4n) is 5.20. The van der Waals surface area contributed by atoms with Crippen molar-refractivity contribution in [3.8, 4) is 22.6 Å². The topological polar surface area (TPSA) is 105 Å². The number of aryl methyl sites for hydroxylation is 2. The molecule has 2 aromatic heterocycles. The van der Waals surface area contributed by atoms with E-state index >= 15 is 0 Å². The number of amides is 1. The van der Waals surface area contributed by atoms with E-state index in [-0.39, 0.29) is 50.3 Å². The minimum absolute atomic E-state index is 0.0612. The highest BCUT2D eigenvalue weighted by Crippen LogP contribution is 2.39. The molecule has 0 saturated heterocycles. The van der Waals surface area contributed by atoms with Crippen LogP contribution in [0.5, 0.6) is 5.75 Å². The third kappa shape index (κ3) is 7.29. The molecule has 0 bridgehead atoms. The van der Waals surface area contributed by atoms with E-state index in [4.69, 9.17) is 39.5 Å². The molecule has 0 radical (unpaired) electrons. The number of hydrogen-bond donors (Lipinski definition) is 3. The van der Waals surface area contributed by atoms with Crippen molar-refractivity contribution in [3.05, 3.63) is 78.3 Å². The second-order valence-corrected chi connectivity index (χ2v) is 14.0. The smallest absolute Gasteiger partial charge is 0.281 e. The lowest BCUT2D eigenvalue weighted by molar-refractivity contribution is -0.116. The number of aromatic nitrogens is 4. The van der Waals surface area contributed by atoms with Crippen LogP contribution in [0, 0.1) is 13.8 Å². The summed E-state index contributed by atoms with van der Waals surface area (Å²) in [7, 11) is 0. The minimum Gasteiger partial charge on any atom is -0.493 e. The highest BCUT2D eigenvalue weighted by molar-refractivity contribution is 6.40. The standard InChI is InChI=1S/C34H42Cl3N5O3/c1-9-33(5,6)21-13-14-26(23(16-21)34(7,8)10-2)45-15-11-12-27(43)38-31-29(28-19(3)39-40-20(28)4)32(44)42(41-31)30-24(36)17-22(35)18-25(30)37/h13-14,16-18,41H,9-12,15H2,1-8H3,(H,38,43)(H,39,40). The maximum Gasteiger partial charge on any atom is 0.281 e. The molecule has 0 aliphatic heterocycles. The fraction of sp³-hybridized carbons (Fsp3) is 0.441. The first-order chi connectivity index (χ1) is 21.1. The molecule has 45 heavy (non-hydrogen) atoms. The van der Waals surface area contributed by atoms with Crippen LogP contribution in [0.1, 0.15) is 89.7 Å². The lowest BCUT2D eigenvalue weighted by Crippen LogP contribution is -2.21. The van der Waals surface area contributed by atoms with Gasteiger partial charge in [0.05, 0.1) is 27.9 Å². The Balaban J connectivity index is 1.56. The number of anilines is 1. The Bertz CT molecular complexity index is 1720. The molecule has 0 aliphatic carbocycles. The first-order valence-corrected chi connectivity index (χ1v) is 16.3. The van der Waals surface area contributed by atoms with Gasteiger partial charge in [-0.05, 0) is 67.7 Å². The van der Waals surface area contributed by atoms with Crippen molar-refractivity contribution in [1.82, 2.24) is 20.0 Å². The molecule has 4 rings (SSSR count). The molecule has 1 amide bonds. The number of halogens is 3. The molecule has 11 heteroatoms. The molecule has 3 N–H and O–H groups in total. The van der Waals surface area contributed by atoms with Crippen molar-refractivity contribution >= 4 is 46.5 Å². The number of benzene rings is 2. The van der Waals surface area contributed by atoms with Gasteiger partial charge in [-0.3, -0.25) is 19.8 Å². The van der Waals surface area contributed by atoms with E-state index in [1.165, 1.54) is 27.9 Å². The molecule has 0 fully saturated rings. The average Bonchev–Trinajstić information content (AvgIpc) is 3.46. The Morgan fingerprint density at radius 1 is 0.978 bits per heavy atom. The number of carbonyl (C=O) groups is 1. The van der Waals surface area contributed by atoms with E-state index in [0.717, 1.165) is 18.6 Å². The Hall–Kier alpha value is -3.20. The molecule has 0 atom stereocenters. The number of nitrogens with zero attached hydrogens (tertiary/aromatic N) is 2. The van der Waals surface area contributed by atoms with Crippen LogP contribution in [0.2, 0.25) is 15.1 Å². The zero-order valence-electron chi connectivity index (χ0n) is 27.2. The Morgan fingerprint density at radius 2 is 1.62 bits per heavy atom. The molecule has 4 aromatic rings. The van der Waals surface area contributed by atoms with Crippen LogP contribution in [-0.4, -0.2) is 32.5 Å². The normalized spacial score (nSPS) is 12.1. The monoisotopic (exact) mass is 673 g/mol. The largest absolute Gasteiger partial charge is 0.493 e. The molecule has 2 heterocycles. The predicted molar refractivity (Wildman–Crippen MR) is 185 cm³/mol. The number of hydrogen-bond acceptors (Lipinski definition) is 4. The van der Waals surface area contributed by atoms with Crippen molar-refractivity contribution in [2.45, 2.75) is 91.9 Å². The second kappa shape index (κ2) is 13.7. The molecule has 2 aromatic carbocycles. The Labute approximate surface area is 279 Å². The van der Waals surface area contributed by atoms with Crippen molar-refractivity contribution in [1.29, 1.82) is 0 Å². The van der Waals surface area contributed by atoms with Crippen molar-refractivity contribution < 1.29 is 9.53 Å². The van der Waals surface area contributed by atoms with E-state index in [1.54, 1.807) is 13.8 Å². The van der Waals surface area contributed by atoms with Crippen molar-refractivity contribution in [2.24, 2.45) is 0 Å². The van der Waals surface area contributed by atoms with Crippen LogP contribution in [0.25, 0.3) is 16.8 Å². The summed E-state index contributed by atoms with van der Waals surface area (Å²) in [6.45, 7) is 17.3. The Kier molecular flexibility index (Phi) is 10.5. The quantitative estimate of drug-likeness (QED) is 0.130. The summed E-state index contributed by atoms with van der Waals surface area (Å²) in [5.41, 5.74) is 4.32. The van der Waals surface area contributed by atoms with Gasteiger partial charge in [-0.1, -0.05) is 88.5 Å². The third-order valence-corrected chi connectivity index (χ3v) is 9.60. The summed E-state index contributed by atoms with van der Waals surface area (Å²) < 4.78 is 7.47. The highest BCUT2D eigenvalue weighted by Gasteiger charge is 2.28. The summed E-state index contributed by atoms with van der Waals surface area (Å²) >= 11 is 19.0. The van der Waals surface area contributed by atoms with Crippen LogP contribution in [-0.2, 0) is 15.6 Å². The third-order valence-electron chi connectivity index (χ3n) is 8.80. The highest BCUT2D eigenvalue weighted by atomic mass is 35.5. The van der Waals surface area contributed by atoms with E-state index in [0.29, 0.717) is 35.0 Å². The van der Waals surface area contributed by atoms with E-state index in [1.807, 2.05) is 0 Å². The molecule has 0 unspecified atom stereocenters. The summed E-state index contributed by atoms with van der Waals surface area (Å²) in [6.07, 6.45) is 2.64. The van der Waals surface area contributed by atoms with Gasteiger partial charge < -0.3 is 10.1 Å². The van der Waals surface area contributed by atoms with Gasteiger partial charge in [0, 0.05) is 28.3 Å². The maximum atomic E-state index is 13.8. The van der Waals surface area contributed by atoms with Gasteiger partial charge in [-0.2, -0.15) is 5.10 Å². The van der Waals surface area contributed by atoms with Crippen molar-refractivity contribution in [3.63, 3.8) is 0 Å². The van der Waals surface area contributed by atoms with Crippen molar-refractivity contribution in [2.75, 3.05) is 11.9 Å². The van der Waals surface area contributed by atoms with Gasteiger partial charge in [0.25, 0.3) is 5.56 Å². The second-order valence-electron chi connectivity index (χ2n) is 12.7. The van der Waals surface area contributed by atoms with Gasteiger partial charge in [0.2, 0.25) is 5.91 Å². The van der Waals surface area contributed by atoms with E-state index in [9.17, 15) is 9.59 Å². The van der Waals surface area contributed by atoms with Gasteiger partial charge in [0.1, 0.15) is 17.3 Å². The lowest BCUT2D eigenvalue weighted by atomic mass is 9.76. The molecule has 0 aliphatic rings. The number of nitrogens with one attached hydrogen (secondary N) is 3. The van der Waals surface area contributed by atoms with Crippen LogP contribution >= 0.6 is 34.8 Å². The van der Waals surface area contributed by atoms with Crippen LogP contribution in [0.15, 0.2) is 35.1 Å². The van der Waals surface area contributed by atoms with Gasteiger partial charge in [0.15, 0.2) is 0 Å². The van der Waals surface area contributed by atoms with Crippen LogP contribution in [0.4, 0.5) is 5.82 Å². The first-order valence-electron chi connectivity index (χ1n) is 15.2. The van der Waals surface area contributed by atoms with E-state index < -0.39 is 5.56 Å². The molecular weight excluding hydrogens is 633 g/mol. The Morgan fingerprint density at radius 3 is 2.20 bits per heavy atom. The molecular formula is C34H42Cl3N5O3. The zero-order valence-corrected chi connectivity index (χ0v) is 29.4.